The summed E-state index contributed by atoms with van der Waals surface area (Å²) < 4.78 is 10.4. The molecule has 0 saturated heterocycles. The lowest BCUT2D eigenvalue weighted by Gasteiger charge is -2.16. The molecule has 0 aromatic heterocycles. The first-order valence-electron chi connectivity index (χ1n) is 7.74. The van der Waals surface area contributed by atoms with Crippen LogP contribution in [-0.2, 0) is 0 Å². The Hall–Kier alpha value is -2.93. The van der Waals surface area contributed by atoms with Gasteiger partial charge in [-0.3, -0.25) is 4.79 Å². The molecule has 0 radical (unpaired) electrons. The molecular weight excluding hydrogens is 358 g/mol. The quantitative estimate of drug-likeness (QED) is 0.718. The van der Waals surface area contributed by atoms with Gasteiger partial charge in [0.15, 0.2) is 11.5 Å². The number of primary amides is 1. The van der Waals surface area contributed by atoms with E-state index in [9.17, 15) is 9.59 Å². The van der Waals surface area contributed by atoms with Crippen molar-refractivity contribution in [1.82, 2.24) is 5.32 Å². The summed E-state index contributed by atoms with van der Waals surface area (Å²) in [5, 5.41) is 5.64. The predicted molar refractivity (Wildman–Crippen MR) is 100 cm³/mol. The molecule has 0 bridgehead atoms. The maximum absolute atomic E-state index is 12.5. The summed E-state index contributed by atoms with van der Waals surface area (Å²) in [5.41, 5.74) is 6.86. The molecule has 26 heavy (non-hydrogen) atoms. The van der Waals surface area contributed by atoms with E-state index >= 15 is 0 Å². The highest BCUT2D eigenvalue weighted by Gasteiger charge is 2.17. The first-order chi connectivity index (χ1) is 12.3. The molecular formula is C18H20ClN3O4. The van der Waals surface area contributed by atoms with Gasteiger partial charge in [0.05, 0.1) is 25.3 Å². The molecule has 0 saturated carbocycles. The smallest absolute Gasteiger partial charge is 0.316 e. The standard InChI is InChI=1S/C18H20ClN3O4/c1-10(11-4-6-13(7-5-11)22-18(20)24)21-17(23)12-8-14(19)16(26-3)15(9-12)25-2/h4-10H,1-3H3,(H,21,23)(H3,20,22,24). The van der Waals surface area contributed by atoms with Crippen LogP contribution in [0.2, 0.25) is 5.02 Å². The zero-order valence-electron chi connectivity index (χ0n) is 14.6. The largest absolute Gasteiger partial charge is 0.493 e. The fraction of sp³-hybridized carbons (Fsp3) is 0.222. The number of halogens is 1. The molecule has 3 amide bonds. The fourth-order valence-corrected chi connectivity index (χ4v) is 2.70. The van der Waals surface area contributed by atoms with Crippen molar-refractivity contribution in [2.24, 2.45) is 5.73 Å². The summed E-state index contributed by atoms with van der Waals surface area (Å²) >= 11 is 6.14. The van der Waals surface area contributed by atoms with Crippen LogP contribution in [0.3, 0.4) is 0 Å². The highest BCUT2D eigenvalue weighted by molar-refractivity contribution is 6.32. The molecule has 0 spiro atoms. The van der Waals surface area contributed by atoms with Crippen LogP contribution in [0, 0.1) is 0 Å². The molecule has 1 atom stereocenters. The molecule has 2 rings (SSSR count). The average Bonchev–Trinajstić information content (AvgIpc) is 2.60. The second-order valence-electron chi connectivity index (χ2n) is 5.50. The second-order valence-corrected chi connectivity index (χ2v) is 5.91. The molecule has 0 heterocycles. The number of carbonyl (C=O) groups is 2. The highest BCUT2D eigenvalue weighted by atomic mass is 35.5. The molecule has 0 aliphatic heterocycles. The lowest BCUT2D eigenvalue weighted by Crippen LogP contribution is -2.26. The van der Waals surface area contributed by atoms with E-state index in [0.717, 1.165) is 5.56 Å². The third kappa shape index (κ3) is 4.58. The van der Waals surface area contributed by atoms with E-state index in [4.69, 9.17) is 26.8 Å². The van der Waals surface area contributed by atoms with Gasteiger partial charge in [-0.25, -0.2) is 4.79 Å². The van der Waals surface area contributed by atoms with Crippen LogP contribution in [0.15, 0.2) is 36.4 Å². The topological polar surface area (TPSA) is 103 Å². The number of urea groups is 1. The van der Waals surface area contributed by atoms with E-state index in [1.54, 1.807) is 30.3 Å². The molecule has 2 aromatic rings. The first-order valence-corrected chi connectivity index (χ1v) is 8.12. The number of methoxy groups -OCH3 is 2. The molecule has 1 unspecified atom stereocenters. The Kier molecular flexibility index (Phi) is 6.30. The van der Waals surface area contributed by atoms with Crippen molar-refractivity contribution in [1.29, 1.82) is 0 Å². The number of amides is 3. The summed E-state index contributed by atoms with van der Waals surface area (Å²) in [6.07, 6.45) is 0. The highest BCUT2D eigenvalue weighted by Crippen LogP contribution is 2.36. The lowest BCUT2D eigenvalue weighted by molar-refractivity contribution is 0.0939. The SMILES string of the molecule is COc1cc(C(=O)NC(C)c2ccc(NC(N)=O)cc2)cc(Cl)c1OC. The van der Waals surface area contributed by atoms with Crippen molar-refractivity contribution in [3.05, 3.63) is 52.5 Å². The molecule has 8 heteroatoms. The minimum Gasteiger partial charge on any atom is -0.493 e. The zero-order chi connectivity index (χ0) is 19.3. The molecule has 138 valence electrons. The first kappa shape index (κ1) is 19.4. The van der Waals surface area contributed by atoms with Crippen LogP contribution in [0.1, 0.15) is 28.9 Å². The molecule has 7 nitrogen and oxygen atoms in total. The maximum Gasteiger partial charge on any atom is 0.316 e. The van der Waals surface area contributed by atoms with Gasteiger partial charge in [0.25, 0.3) is 5.91 Å². The number of rotatable bonds is 6. The van der Waals surface area contributed by atoms with Crippen molar-refractivity contribution >= 4 is 29.2 Å². The third-order valence-corrected chi connectivity index (χ3v) is 4.00. The lowest BCUT2D eigenvalue weighted by atomic mass is 10.1. The van der Waals surface area contributed by atoms with Crippen molar-refractivity contribution in [3.8, 4) is 11.5 Å². The summed E-state index contributed by atoms with van der Waals surface area (Å²) in [6, 6.07) is 9.17. The monoisotopic (exact) mass is 377 g/mol. The molecule has 0 fully saturated rings. The van der Waals surface area contributed by atoms with Crippen LogP contribution in [0.25, 0.3) is 0 Å². The van der Waals surface area contributed by atoms with E-state index in [0.29, 0.717) is 22.7 Å². The van der Waals surface area contributed by atoms with Crippen LogP contribution < -0.4 is 25.8 Å². The maximum atomic E-state index is 12.5. The van der Waals surface area contributed by atoms with Gasteiger partial charge in [-0.15, -0.1) is 0 Å². The number of carbonyl (C=O) groups excluding carboxylic acids is 2. The van der Waals surface area contributed by atoms with Gasteiger partial charge >= 0.3 is 6.03 Å². The predicted octanol–water partition coefficient (Wildman–Crippen LogP) is 3.34. The molecule has 0 aliphatic carbocycles. The van der Waals surface area contributed by atoms with E-state index in [2.05, 4.69) is 10.6 Å². The normalized spacial score (nSPS) is 11.4. The minimum atomic E-state index is -0.635. The molecule has 2 aromatic carbocycles. The number of hydrogen-bond donors (Lipinski definition) is 3. The van der Waals surface area contributed by atoms with Crippen molar-refractivity contribution in [2.75, 3.05) is 19.5 Å². The molecule has 0 aliphatic rings. The second kappa shape index (κ2) is 8.44. The Morgan fingerprint density at radius 3 is 2.31 bits per heavy atom. The van der Waals surface area contributed by atoms with E-state index in [1.807, 2.05) is 6.92 Å². The van der Waals surface area contributed by atoms with Gasteiger partial charge in [-0.1, -0.05) is 23.7 Å². The van der Waals surface area contributed by atoms with Crippen molar-refractivity contribution in [2.45, 2.75) is 13.0 Å². The number of anilines is 1. The van der Waals surface area contributed by atoms with Gasteiger partial charge < -0.3 is 25.8 Å². The Balaban J connectivity index is 2.14. The van der Waals surface area contributed by atoms with Crippen LogP contribution >= 0.6 is 11.6 Å². The van der Waals surface area contributed by atoms with E-state index < -0.39 is 6.03 Å². The van der Waals surface area contributed by atoms with Gasteiger partial charge in [-0.2, -0.15) is 0 Å². The Morgan fingerprint density at radius 2 is 1.77 bits per heavy atom. The van der Waals surface area contributed by atoms with Gasteiger partial charge in [0.2, 0.25) is 0 Å². The zero-order valence-corrected chi connectivity index (χ0v) is 15.4. The van der Waals surface area contributed by atoms with Crippen molar-refractivity contribution in [3.63, 3.8) is 0 Å². The number of nitrogens with two attached hydrogens (primary N) is 1. The van der Waals surface area contributed by atoms with E-state index in [-0.39, 0.29) is 17.0 Å². The fourth-order valence-electron chi connectivity index (χ4n) is 2.41. The number of nitrogens with one attached hydrogen (secondary N) is 2. The third-order valence-electron chi connectivity index (χ3n) is 3.72. The summed E-state index contributed by atoms with van der Waals surface area (Å²) in [4.78, 5) is 23.4. The summed E-state index contributed by atoms with van der Waals surface area (Å²) in [6.45, 7) is 1.84. The van der Waals surface area contributed by atoms with Crippen LogP contribution in [0.5, 0.6) is 11.5 Å². The summed E-state index contributed by atoms with van der Waals surface area (Å²) in [7, 11) is 2.95. The number of hydrogen-bond acceptors (Lipinski definition) is 4. The number of ether oxygens (including phenoxy) is 2. The Morgan fingerprint density at radius 1 is 1.12 bits per heavy atom. The Labute approximate surface area is 156 Å². The molecule has 4 N–H and O–H groups in total. The number of benzene rings is 2. The van der Waals surface area contributed by atoms with Gasteiger partial charge in [0.1, 0.15) is 0 Å². The van der Waals surface area contributed by atoms with Crippen LogP contribution in [0.4, 0.5) is 10.5 Å². The Bertz CT molecular complexity index is 809. The average molecular weight is 378 g/mol. The van der Waals surface area contributed by atoms with Crippen molar-refractivity contribution < 1.29 is 19.1 Å². The van der Waals surface area contributed by atoms with E-state index in [1.165, 1.54) is 20.3 Å². The minimum absolute atomic E-state index is 0.267. The van der Waals surface area contributed by atoms with Gasteiger partial charge in [0, 0.05) is 11.3 Å². The summed E-state index contributed by atoms with van der Waals surface area (Å²) in [5.74, 6) is 0.440. The van der Waals surface area contributed by atoms with Crippen LogP contribution in [-0.4, -0.2) is 26.2 Å². The van der Waals surface area contributed by atoms with Gasteiger partial charge in [-0.05, 0) is 36.8 Å².